The minimum absolute atomic E-state index is 0.0868. The van der Waals surface area contributed by atoms with Gasteiger partial charge in [-0.3, -0.25) is 0 Å². The van der Waals surface area contributed by atoms with Crippen molar-refractivity contribution >= 4 is 16.9 Å². The van der Waals surface area contributed by atoms with Crippen molar-refractivity contribution in [2.24, 2.45) is 0 Å². The van der Waals surface area contributed by atoms with Crippen LogP contribution < -0.4 is 4.74 Å². The van der Waals surface area contributed by atoms with E-state index in [4.69, 9.17) is 14.3 Å². The Hall–Kier alpha value is -2.17. The first-order valence-electron chi connectivity index (χ1n) is 4.15. The molecule has 78 valence electrons. The largest absolute Gasteiger partial charge is 0.504 e. The molecule has 0 radical (unpaired) electrons. The van der Waals surface area contributed by atoms with Gasteiger partial charge in [-0.25, -0.2) is 4.79 Å². The maximum Gasteiger partial charge on any atom is 0.371 e. The van der Waals surface area contributed by atoms with Crippen molar-refractivity contribution in [3.63, 3.8) is 0 Å². The number of benzene rings is 1. The highest BCUT2D eigenvalue weighted by Crippen LogP contribution is 2.32. The molecule has 0 saturated carbocycles. The van der Waals surface area contributed by atoms with Gasteiger partial charge >= 0.3 is 5.97 Å². The standard InChI is InChI=1S/C10H8O5/c1-14-8-2-5-3-9(10(12)13)15-7(5)4-6(8)11/h2-4,11H,1H3,(H,12,13). The summed E-state index contributed by atoms with van der Waals surface area (Å²) in [6.07, 6.45) is 0. The molecule has 0 bridgehead atoms. The molecule has 0 amide bonds. The highest BCUT2D eigenvalue weighted by Gasteiger charge is 2.13. The Bertz CT molecular complexity index is 526. The van der Waals surface area contributed by atoms with Crippen molar-refractivity contribution in [3.05, 3.63) is 24.0 Å². The highest BCUT2D eigenvalue weighted by molar-refractivity contribution is 5.92. The summed E-state index contributed by atoms with van der Waals surface area (Å²) in [6.45, 7) is 0. The topological polar surface area (TPSA) is 79.9 Å². The second-order valence-electron chi connectivity index (χ2n) is 2.98. The molecule has 15 heavy (non-hydrogen) atoms. The summed E-state index contributed by atoms with van der Waals surface area (Å²) in [6, 6.07) is 4.21. The number of carboxylic acid groups (broad SMARTS) is 1. The number of fused-ring (bicyclic) bond motifs is 1. The summed E-state index contributed by atoms with van der Waals surface area (Å²) in [7, 11) is 1.42. The zero-order chi connectivity index (χ0) is 11.0. The zero-order valence-corrected chi connectivity index (χ0v) is 7.85. The van der Waals surface area contributed by atoms with Crippen LogP contribution in [0.1, 0.15) is 10.6 Å². The summed E-state index contributed by atoms with van der Waals surface area (Å²) in [5.41, 5.74) is 0.311. The molecule has 2 N–H and O–H groups in total. The third-order valence-electron chi connectivity index (χ3n) is 2.03. The van der Waals surface area contributed by atoms with E-state index < -0.39 is 5.97 Å². The molecular formula is C10H8O5. The van der Waals surface area contributed by atoms with Crippen LogP contribution in [0.2, 0.25) is 0 Å². The SMILES string of the molecule is COc1cc2cc(C(=O)O)oc2cc1O. The van der Waals surface area contributed by atoms with Crippen LogP contribution in [0.3, 0.4) is 0 Å². The van der Waals surface area contributed by atoms with E-state index in [1.165, 1.54) is 25.3 Å². The van der Waals surface area contributed by atoms with E-state index >= 15 is 0 Å². The van der Waals surface area contributed by atoms with Crippen molar-refractivity contribution in [2.75, 3.05) is 7.11 Å². The van der Waals surface area contributed by atoms with Crippen molar-refractivity contribution in [1.29, 1.82) is 0 Å². The monoisotopic (exact) mass is 208 g/mol. The number of hydrogen-bond acceptors (Lipinski definition) is 4. The summed E-state index contributed by atoms with van der Waals surface area (Å²) in [4.78, 5) is 10.6. The number of furan rings is 1. The minimum atomic E-state index is -1.15. The molecule has 0 aliphatic rings. The van der Waals surface area contributed by atoms with E-state index in [1.807, 2.05) is 0 Å². The molecule has 1 aromatic carbocycles. The number of hydrogen-bond donors (Lipinski definition) is 2. The summed E-state index contributed by atoms with van der Waals surface area (Å²) < 4.78 is 9.88. The van der Waals surface area contributed by atoms with Gasteiger partial charge in [-0.1, -0.05) is 0 Å². The molecule has 0 fully saturated rings. The fourth-order valence-electron chi connectivity index (χ4n) is 1.32. The van der Waals surface area contributed by atoms with Crippen molar-refractivity contribution in [3.8, 4) is 11.5 Å². The number of phenolic OH excluding ortho intramolecular Hbond substituents is 1. The van der Waals surface area contributed by atoms with E-state index in [0.717, 1.165) is 0 Å². The highest BCUT2D eigenvalue weighted by atomic mass is 16.5. The minimum Gasteiger partial charge on any atom is -0.504 e. The van der Waals surface area contributed by atoms with Gasteiger partial charge < -0.3 is 19.4 Å². The average Bonchev–Trinajstić information content (AvgIpc) is 2.59. The van der Waals surface area contributed by atoms with Gasteiger partial charge in [-0.05, 0) is 12.1 Å². The Morgan fingerprint density at radius 1 is 1.40 bits per heavy atom. The second kappa shape index (κ2) is 3.20. The number of carbonyl (C=O) groups is 1. The molecule has 2 rings (SSSR count). The van der Waals surface area contributed by atoms with Crippen molar-refractivity contribution in [1.82, 2.24) is 0 Å². The fraction of sp³-hybridized carbons (Fsp3) is 0.100. The molecule has 0 aliphatic heterocycles. The van der Waals surface area contributed by atoms with Crippen LogP contribution in [0.4, 0.5) is 0 Å². The van der Waals surface area contributed by atoms with Gasteiger partial charge in [0.2, 0.25) is 5.76 Å². The van der Waals surface area contributed by atoms with Crippen LogP contribution in [0.5, 0.6) is 11.5 Å². The number of carboxylic acids is 1. The van der Waals surface area contributed by atoms with Crippen LogP contribution in [-0.2, 0) is 0 Å². The Balaban J connectivity index is 2.66. The summed E-state index contributed by atoms with van der Waals surface area (Å²) in [5.74, 6) is -1.13. The predicted molar refractivity (Wildman–Crippen MR) is 51.4 cm³/mol. The Morgan fingerprint density at radius 2 is 2.13 bits per heavy atom. The number of aromatic carboxylic acids is 1. The lowest BCUT2D eigenvalue weighted by Crippen LogP contribution is -1.91. The van der Waals surface area contributed by atoms with Crippen LogP contribution in [0.25, 0.3) is 11.0 Å². The third-order valence-corrected chi connectivity index (χ3v) is 2.03. The van der Waals surface area contributed by atoms with Crippen LogP contribution in [0, 0.1) is 0 Å². The van der Waals surface area contributed by atoms with Gasteiger partial charge in [0.15, 0.2) is 11.5 Å². The lowest BCUT2D eigenvalue weighted by molar-refractivity contribution is 0.0665. The van der Waals surface area contributed by atoms with Gasteiger partial charge in [-0.2, -0.15) is 0 Å². The van der Waals surface area contributed by atoms with Gasteiger partial charge in [-0.15, -0.1) is 0 Å². The molecule has 5 heteroatoms. The normalized spacial score (nSPS) is 10.5. The van der Waals surface area contributed by atoms with E-state index in [-0.39, 0.29) is 17.3 Å². The molecule has 0 spiro atoms. The first-order valence-corrected chi connectivity index (χ1v) is 4.15. The van der Waals surface area contributed by atoms with Crippen LogP contribution in [-0.4, -0.2) is 23.3 Å². The predicted octanol–water partition coefficient (Wildman–Crippen LogP) is 1.85. The maximum absolute atomic E-state index is 10.6. The number of rotatable bonds is 2. The maximum atomic E-state index is 10.6. The lowest BCUT2D eigenvalue weighted by atomic mass is 10.2. The fourth-order valence-corrected chi connectivity index (χ4v) is 1.32. The number of aromatic hydroxyl groups is 1. The smallest absolute Gasteiger partial charge is 0.371 e. The Labute approximate surface area is 84.5 Å². The number of methoxy groups -OCH3 is 1. The van der Waals surface area contributed by atoms with Crippen LogP contribution in [0.15, 0.2) is 22.6 Å². The molecule has 1 aromatic heterocycles. The molecule has 0 aliphatic carbocycles. The van der Waals surface area contributed by atoms with E-state index in [0.29, 0.717) is 11.0 Å². The molecule has 0 atom stereocenters. The van der Waals surface area contributed by atoms with Gasteiger partial charge in [0, 0.05) is 11.5 Å². The zero-order valence-electron chi connectivity index (χ0n) is 7.85. The molecule has 1 heterocycles. The van der Waals surface area contributed by atoms with E-state index in [1.54, 1.807) is 0 Å². The molecule has 2 aromatic rings. The Morgan fingerprint density at radius 3 is 2.73 bits per heavy atom. The van der Waals surface area contributed by atoms with Gasteiger partial charge in [0.25, 0.3) is 0 Å². The van der Waals surface area contributed by atoms with Gasteiger partial charge in [0.05, 0.1) is 7.11 Å². The molecule has 0 unspecified atom stereocenters. The average molecular weight is 208 g/mol. The number of ether oxygens (including phenoxy) is 1. The quantitative estimate of drug-likeness (QED) is 0.787. The first-order chi connectivity index (χ1) is 7.11. The summed E-state index contributed by atoms with van der Waals surface area (Å²) in [5, 5.41) is 18.7. The van der Waals surface area contributed by atoms with Crippen molar-refractivity contribution in [2.45, 2.75) is 0 Å². The van der Waals surface area contributed by atoms with E-state index in [9.17, 15) is 9.90 Å². The van der Waals surface area contributed by atoms with Crippen molar-refractivity contribution < 1.29 is 24.2 Å². The Kier molecular flexibility index (Phi) is 2.00. The van der Waals surface area contributed by atoms with Gasteiger partial charge in [0.1, 0.15) is 5.58 Å². The molecule has 0 saturated heterocycles. The van der Waals surface area contributed by atoms with E-state index in [2.05, 4.69) is 0 Å². The molecule has 5 nitrogen and oxygen atoms in total. The number of phenols is 1. The van der Waals surface area contributed by atoms with Crippen LogP contribution >= 0.6 is 0 Å². The lowest BCUT2D eigenvalue weighted by Gasteiger charge is -2.01. The second-order valence-corrected chi connectivity index (χ2v) is 2.98. The molecular weight excluding hydrogens is 200 g/mol. The summed E-state index contributed by atoms with van der Waals surface area (Å²) >= 11 is 0. The first kappa shape index (κ1) is 9.39. The third kappa shape index (κ3) is 1.48.